The Morgan fingerprint density at radius 2 is 1.10 bits per heavy atom. The van der Waals surface area contributed by atoms with Crippen molar-refractivity contribution in [3.8, 4) is 11.1 Å². The highest BCUT2D eigenvalue weighted by molar-refractivity contribution is 6.66. The Balaban J connectivity index is 1.51. The molecule has 1 saturated heterocycles. The van der Waals surface area contributed by atoms with E-state index in [1.54, 1.807) is 0 Å². The Labute approximate surface area is 241 Å². The van der Waals surface area contributed by atoms with Crippen molar-refractivity contribution in [2.45, 2.75) is 38.9 Å². The zero-order valence-corrected chi connectivity index (χ0v) is 23.8. The summed E-state index contributed by atoms with van der Waals surface area (Å²) in [4.78, 5) is 2.27. The van der Waals surface area contributed by atoms with Crippen molar-refractivity contribution in [3.63, 3.8) is 0 Å². The number of fused-ring (bicyclic) bond motifs is 3. The Morgan fingerprint density at radius 1 is 0.537 bits per heavy atom. The van der Waals surface area contributed by atoms with Crippen molar-refractivity contribution in [1.82, 2.24) is 0 Å². The fraction of sp³-hybridized carbons (Fsp3) is 0.167. The second-order valence-electron chi connectivity index (χ2n) is 11.6. The van der Waals surface area contributed by atoms with Crippen molar-refractivity contribution in [2.24, 2.45) is 0 Å². The van der Waals surface area contributed by atoms with Crippen LogP contribution in [-0.2, 0) is 9.31 Å². The SMILES string of the molecule is CC1(C)OB(c2cccc3oc4cc(N(c5ccccc5)c5ccccc5)cc(-c5ccccc5)c4c23)OC1(C)C. The Kier molecular flexibility index (Phi) is 6.04. The van der Waals surface area contributed by atoms with Crippen LogP contribution in [0.1, 0.15) is 27.7 Å². The van der Waals surface area contributed by atoms with Crippen LogP contribution in [0.2, 0.25) is 0 Å². The van der Waals surface area contributed by atoms with Gasteiger partial charge in [-0.1, -0.05) is 78.9 Å². The highest BCUT2D eigenvalue weighted by atomic mass is 16.7. The average Bonchev–Trinajstić information content (AvgIpc) is 3.47. The van der Waals surface area contributed by atoms with Crippen molar-refractivity contribution in [3.05, 3.63) is 121 Å². The summed E-state index contributed by atoms with van der Waals surface area (Å²) in [6.07, 6.45) is 0. The van der Waals surface area contributed by atoms with Gasteiger partial charge in [0, 0.05) is 28.2 Å². The summed E-state index contributed by atoms with van der Waals surface area (Å²) in [5.41, 5.74) is 7.10. The van der Waals surface area contributed by atoms with E-state index in [-0.39, 0.29) is 0 Å². The van der Waals surface area contributed by atoms with Crippen LogP contribution >= 0.6 is 0 Å². The molecule has 41 heavy (non-hydrogen) atoms. The molecular weight excluding hydrogens is 505 g/mol. The van der Waals surface area contributed by atoms with Gasteiger partial charge in [0.25, 0.3) is 0 Å². The largest absolute Gasteiger partial charge is 0.495 e. The van der Waals surface area contributed by atoms with Gasteiger partial charge in [0.2, 0.25) is 0 Å². The number of benzene rings is 5. The summed E-state index contributed by atoms with van der Waals surface area (Å²) >= 11 is 0. The van der Waals surface area contributed by atoms with Crippen molar-refractivity contribution in [1.29, 1.82) is 0 Å². The number of nitrogens with zero attached hydrogens (tertiary/aromatic N) is 1. The number of rotatable bonds is 5. The smallest absolute Gasteiger partial charge is 0.456 e. The van der Waals surface area contributed by atoms with Crippen LogP contribution in [-0.4, -0.2) is 18.3 Å². The van der Waals surface area contributed by atoms with Crippen molar-refractivity contribution >= 4 is 51.6 Å². The third-order valence-corrected chi connectivity index (χ3v) is 8.49. The first kappa shape index (κ1) is 25.6. The van der Waals surface area contributed by atoms with E-state index in [0.29, 0.717) is 0 Å². The number of furan rings is 1. The van der Waals surface area contributed by atoms with E-state index in [2.05, 4.69) is 124 Å². The first-order valence-corrected chi connectivity index (χ1v) is 14.1. The van der Waals surface area contributed by atoms with Crippen molar-refractivity contribution in [2.75, 3.05) is 4.90 Å². The summed E-state index contributed by atoms with van der Waals surface area (Å²) in [5, 5.41) is 2.08. The number of para-hydroxylation sites is 2. The molecule has 0 aliphatic carbocycles. The molecule has 0 atom stereocenters. The molecule has 7 rings (SSSR count). The lowest BCUT2D eigenvalue weighted by molar-refractivity contribution is 0.00578. The predicted octanol–water partition coefficient (Wildman–Crippen LogP) is 9.02. The van der Waals surface area contributed by atoms with E-state index in [4.69, 9.17) is 13.7 Å². The van der Waals surface area contributed by atoms with E-state index < -0.39 is 18.3 Å². The maximum atomic E-state index is 6.64. The van der Waals surface area contributed by atoms with Gasteiger partial charge in [0.05, 0.1) is 16.9 Å². The third kappa shape index (κ3) is 4.33. The molecule has 0 radical (unpaired) electrons. The second-order valence-corrected chi connectivity index (χ2v) is 11.6. The molecule has 0 amide bonds. The van der Waals surface area contributed by atoms with Crippen molar-refractivity contribution < 1.29 is 13.7 Å². The lowest BCUT2D eigenvalue weighted by Crippen LogP contribution is -2.41. The molecule has 1 aromatic heterocycles. The zero-order chi connectivity index (χ0) is 28.2. The molecule has 5 aromatic carbocycles. The fourth-order valence-electron chi connectivity index (χ4n) is 5.70. The Bertz CT molecular complexity index is 1790. The van der Waals surface area contributed by atoms with Crippen LogP contribution in [0.15, 0.2) is 126 Å². The number of anilines is 3. The normalized spacial score (nSPS) is 16.0. The van der Waals surface area contributed by atoms with Crippen LogP contribution in [0.25, 0.3) is 33.1 Å². The summed E-state index contributed by atoms with van der Waals surface area (Å²) in [5.74, 6) is 0. The molecule has 6 aromatic rings. The third-order valence-electron chi connectivity index (χ3n) is 8.49. The minimum atomic E-state index is -0.502. The summed E-state index contributed by atoms with van der Waals surface area (Å²) < 4.78 is 19.7. The molecule has 0 spiro atoms. The summed E-state index contributed by atoms with van der Waals surface area (Å²) in [7, 11) is -0.502. The first-order valence-electron chi connectivity index (χ1n) is 14.1. The van der Waals surface area contributed by atoms with Gasteiger partial charge >= 0.3 is 7.12 Å². The van der Waals surface area contributed by atoms with Gasteiger partial charge in [-0.2, -0.15) is 0 Å². The molecule has 202 valence electrons. The molecule has 0 unspecified atom stereocenters. The molecule has 1 aliphatic heterocycles. The fourth-order valence-corrected chi connectivity index (χ4v) is 5.70. The highest BCUT2D eigenvalue weighted by Gasteiger charge is 2.52. The van der Waals surface area contributed by atoms with E-state index in [1.165, 1.54) is 0 Å². The maximum absolute atomic E-state index is 6.64. The van der Waals surface area contributed by atoms with E-state index in [0.717, 1.165) is 55.6 Å². The summed E-state index contributed by atoms with van der Waals surface area (Å²) in [6, 6.07) is 42.0. The molecule has 4 nitrogen and oxygen atoms in total. The van der Waals surface area contributed by atoms with Crippen LogP contribution in [0.5, 0.6) is 0 Å². The van der Waals surface area contributed by atoms with Gasteiger partial charge in [-0.05, 0) is 80.7 Å². The van der Waals surface area contributed by atoms with E-state index in [1.807, 2.05) is 30.3 Å². The lowest BCUT2D eigenvalue weighted by atomic mass is 9.76. The highest BCUT2D eigenvalue weighted by Crippen LogP contribution is 2.44. The van der Waals surface area contributed by atoms with Gasteiger partial charge in [0.1, 0.15) is 11.2 Å². The standard InChI is InChI=1S/C36H32BNO3/c1-35(2)36(3,4)41-37(40-35)30-21-14-22-31-34(30)33-29(25-15-8-5-9-16-25)23-28(24-32(33)39-31)38(26-17-10-6-11-18-26)27-19-12-7-13-20-27/h5-24H,1-4H3. The van der Waals surface area contributed by atoms with Crippen LogP contribution in [0.4, 0.5) is 17.1 Å². The van der Waals surface area contributed by atoms with Crippen LogP contribution in [0, 0.1) is 0 Å². The minimum absolute atomic E-state index is 0.444. The zero-order valence-electron chi connectivity index (χ0n) is 23.8. The van der Waals surface area contributed by atoms with Gasteiger partial charge in [-0.25, -0.2) is 0 Å². The molecule has 5 heteroatoms. The number of hydrogen-bond donors (Lipinski definition) is 0. The monoisotopic (exact) mass is 537 g/mol. The average molecular weight is 537 g/mol. The summed E-state index contributed by atoms with van der Waals surface area (Å²) in [6.45, 7) is 8.35. The van der Waals surface area contributed by atoms with Crippen LogP contribution < -0.4 is 10.4 Å². The molecule has 2 heterocycles. The predicted molar refractivity (Wildman–Crippen MR) is 170 cm³/mol. The van der Waals surface area contributed by atoms with Crippen LogP contribution in [0.3, 0.4) is 0 Å². The topological polar surface area (TPSA) is 34.8 Å². The minimum Gasteiger partial charge on any atom is -0.456 e. The Hall–Kier alpha value is -4.32. The molecule has 1 aliphatic rings. The second kappa shape index (κ2) is 9.65. The maximum Gasteiger partial charge on any atom is 0.495 e. The van der Waals surface area contributed by atoms with Gasteiger partial charge < -0.3 is 18.6 Å². The van der Waals surface area contributed by atoms with Gasteiger partial charge in [-0.15, -0.1) is 0 Å². The van der Waals surface area contributed by atoms with Gasteiger partial charge in [0.15, 0.2) is 0 Å². The molecule has 1 fully saturated rings. The molecule has 0 bridgehead atoms. The Morgan fingerprint density at radius 3 is 1.68 bits per heavy atom. The quantitative estimate of drug-likeness (QED) is 0.206. The lowest BCUT2D eigenvalue weighted by Gasteiger charge is -2.32. The van der Waals surface area contributed by atoms with Gasteiger partial charge in [-0.3, -0.25) is 0 Å². The molecular formula is C36H32BNO3. The molecule has 0 saturated carbocycles. The van der Waals surface area contributed by atoms with E-state index >= 15 is 0 Å². The molecule has 0 N–H and O–H groups in total. The van der Waals surface area contributed by atoms with E-state index in [9.17, 15) is 0 Å². The first-order chi connectivity index (χ1) is 19.8. The number of hydrogen-bond acceptors (Lipinski definition) is 4.